The molecule has 0 aromatic carbocycles. The van der Waals surface area contributed by atoms with Gasteiger partial charge in [0.25, 0.3) is 0 Å². The molecule has 1 aliphatic rings. The fraction of sp³-hybridized carbons (Fsp3) is 0.600. The number of hydrogen-bond donors (Lipinski definition) is 0. The molecule has 26 heavy (non-hydrogen) atoms. The number of amides is 1. The molecule has 3 heterocycles. The van der Waals surface area contributed by atoms with Crippen LogP contribution in [0.2, 0.25) is 0 Å². The SMILES string of the molecule is Cn1ccnc1-c1cc(C[C@@H]2CCCN(C(=O)CC(C)(C)C)C2)ncn1. The van der Waals surface area contributed by atoms with E-state index in [-0.39, 0.29) is 11.3 Å². The van der Waals surface area contributed by atoms with Crippen molar-refractivity contribution < 1.29 is 4.79 Å². The Labute approximate surface area is 155 Å². The Balaban J connectivity index is 1.66. The molecule has 1 amide bonds. The van der Waals surface area contributed by atoms with E-state index in [4.69, 9.17) is 0 Å². The highest BCUT2D eigenvalue weighted by atomic mass is 16.2. The van der Waals surface area contributed by atoms with Crippen molar-refractivity contribution in [3.05, 3.63) is 30.5 Å². The van der Waals surface area contributed by atoms with Gasteiger partial charge in [-0.3, -0.25) is 4.79 Å². The Hall–Kier alpha value is -2.24. The normalized spacial score (nSPS) is 18.2. The van der Waals surface area contributed by atoms with Crippen LogP contribution in [-0.4, -0.2) is 43.4 Å². The summed E-state index contributed by atoms with van der Waals surface area (Å²) in [6, 6.07) is 2.03. The number of likely N-dealkylation sites (tertiary alicyclic amines) is 1. The second-order valence-corrected chi connectivity index (χ2v) is 8.55. The molecule has 0 radical (unpaired) electrons. The van der Waals surface area contributed by atoms with Gasteiger partial charge in [0, 0.05) is 44.6 Å². The summed E-state index contributed by atoms with van der Waals surface area (Å²) >= 11 is 0. The summed E-state index contributed by atoms with van der Waals surface area (Å²) in [5.74, 6) is 1.58. The van der Waals surface area contributed by atoms with Crippen LogP contribution in [0.25, 0.3) is 11.5 Å². The largest absolute Gasteiger partial charge is 0.342 e. The number of rotatable bonds is 4. The van der Waals surface area contributed by atoms with E-state index in [2.05, 4.69) is 35.7 Å². The lowest BCUT2D eigenvalue weighted by molar-refractivity contribution is -0.134. The highest BCUT2D eigenvalue weighted by Crippen LogP contribution is 2.25. The maximum absolute atomic E-state index is 12.5. The number of nitrogens with zero attached hydrogens (tertiary/aromatic N) is 5. The minimum absolute atomic E-state index is 0.0354. The second-order valence-electron chi connectivity index (χ2n) is 8.55. The summed E-state index contributed by atoms with van der Waals surface area (Å²) in [6.07, 6.45) is 8.99. The lowest BCUT2D eigenvalue weighted by Gasteiger charge is -2.34. The first-order chi connectivity index (χ1) is 12.3. The molecule has 1 fully saturated rings. The third-order valence-corrected chi connectivity index (χ3v) is 4.83. The van der Waals surface area contributed by atoms with Crippen LogP contribution in [-0.2, 0) is 18.3 Å². The molecule has 0 saturated carbocycles. The summed E-state index contributed by atoms with van der Waals surface area (Å²) < 4.78 is 1.96. The van der Waals surface area contributed by atoms with Gasteiger partial charge in [-0.1, -0.05) is 20.8 Å². The quantitative estimate of drug-likeness (QED) is 0.845. The van der Waals surface area contributed by atoms with Crippen molar-refractivity contribution in [1.82, 2.24) is 24.4 Å². The van der Waals surface area contributed by atoms with Crippen LogP contribution in [0.5, 0.6) is 0 Å². The van der Waals surface area contributed by atoms with Crippen LogP contribution < -0.4 is 0 Å². The molecule has 0 unspecified atom stereocenters. The molecule has 3 rings (SSSR count). The van der Waals surface area contributed by atoms with Gasteiger partial charge in [0.1, 0.15) is 12.0 Å². The third-order valence-electron chi connectivity index (χ3n) is 4.83. The van der Waals surface area contributed by atoms with E-state index in [1.54, 1.807) is 12.5 Å². The smallest absolute Gasteiger partial charge is 0.223 e. The van der Waals surface area contributed by atoms with E-state index in [0.29, 0.717) is 12.3 Å². The molecule has 0 aliphatic carbocycles. The first kappa shape index (κ1) is 18.5. The first-order valence-electron chi connectivity index (χ1n) is 9.38. The first-order valence-corrected chi connectivity index (χ1v) is 9.38. The summed E-state index contributed by atoms with van der Waals surface area (Å²) in [7, 11) is 1.96. The Morgan fingerprint density at radius 2 is 2.08 bits per heavy atom. The van der Waals surface area contributed by atoms with E-state index in [1.165, 1.54) is 0 Å². The molecule has 1 atom stereocenters. The number of carbonyl (C=O) groups is 1. The Kier molecular flexibility index (Phi) is 5.39. The maximum atomic E-state index is 12.5. The minimum atomic E-state index is 0.0354. The number of piperidine rings is 1. The molecule has 0 N–H and O–H groups in total. The van der Waals surface area contributed by atoms with E-state index < -0.39 is 0 Å². The molecular formula is C20H29N5O. The number of hydrogen-bond acceptors (Lipinski definition) is 4. The van der Waals surface area contributed by atoms with Gasteiger partial charge in [0.05, 0.1) is 0 Å². The minimum Gasteiger partial charge on any atom is -0.342 e. The van der Waals surface area contributed by atoms with Gasteiger partial charge in [0.15, 0.2) is 5.82 Å². The van der Waals surface area contributed by atoms with Crippen LogP contribution in [0.3, 0.4) is 0 Å². The molecule has 0 spiro atoms. The Morgan fingerprint density at radius 3 is 2.77 bits per heavy atom. The molecule has 140 valence electrons. The van der Waals surface area contributed by atoms with Crippen molar-refractivity contribution in [1.29, 1.82) is 0 Å². The topological polar surface area (TPSA) is 63.9 Å². The molecule has 2 aromatic rings. The fourth-order valence-corrected chi connectivity index (χ4v) is 3.56. The average Bonchev–Trinajstić information content (AvgIpc) is 3.00. The average molecular weight is 355 g/mol. The summed E-state index contributed by atoms with van der Waals surface area (Å²) in [5, 5.41) is 0. The van der Waals surface area contributed by atoms with Crippen molar-refractivity contribution in [3.8, 4) is 11.5 Å². The van der Waals surface area contributed by atoms with Crippen LogP contribution in [0.1, 0.15) is 45.7 Å². The van der Waals surface area contributed by atoms with Gasteiger partial charge in [0.2, 0.25) is 5.91 Å². The summed E-state index contributed by atoms with van der Waals surface area (Å²) in [6.45, 7) is 8.06. The molecule has 0 bridgehead atoms. The van der Waals surface area contributed by atoms with Gasteiger partial charge >= 0.3 is 0 Å². The van der Waals surface area contributed by atoms with Gasteiger partial charge < -0.3 is 9.47 Å². The standard InChI is InChI=1S/C20H29N5O/c1-20(2,3)12-18(26)25-8-5-6-15(13-25)10-16-11-17(23-14-22-16)19-21-7-9-24(19)4/h7,9,11,14-15H,5-6,8,10,12-13H2,1-4H3/t15-/m0/s1. The Morgan fingerprint density at radius 1 is 1.27 bits per heavy atom. The molecule has 1 saturated heterocycles. The molecular weight excluding hydrogens is 326 g/mol. The van der Waals surface area contributed by atoms with E-state index in [0.717, 1.165) is 49.6 Å². The van der Waals surface area contributed by atoms with Crippen molar-refractivity contribution in [2.75, 3.05) is 13.1 Å². The lowest BCUT2D eigenvalue weighted by atomic mass is 9.89. The predicted octanol–water partition coefficient (Wildman–Crippen LogP) is 3.09. The van der Waals surface area contributed by atoms with Crippen molar-refractivity contribution in [2.24, 2.45) is 18.4 Å². The number of aromatic nitrogens is 4. The van der Waals surface area contributed by atoms with Crippen molar-refractivity contribution in [2.45, 2.75) is 46.5 Å². The highest BCUT2D eigenvalue weighted by Gasteiger charge is 2.27. The fourth-order valence-electron chi connectivity index (χ4n) is 3.56. The van der Waals surface area contributed by atoms with Crippen molar-refractivity contribution >= 4 is 5.91 Å². The van der Waals surface area contributed by atoms with Crippen LogP contribution in [0.4, 0.5) is 0 Å². The van der Waals surface area contributed by atoms with E-state index in [1.807, 2.05) is 28.8 Å². The highest BCUT2D eigenvalue weighted by molar-refractivity contribution is 5.76. The Bertz CT molecular complexity index is 762. The molecule has 1 aliphatic heterocycles. The molecule has 6 heteroatoms. The van der Waals surface area contributed by atoms with Gasteiger partial charge in [-0.15, -0.1) is 0 Å². The zero-order chi connectivity index (χ0) is 18.7. The monoisotopic (exact) mass is 355 g/mol. The van der Waals surface area contributed by atoms with Gasteiger partial charge in [-0.05, 0) is 36.7 Å². The second kappa shape index (κ2) is 7.56. The number of aryl methyl sites for hydroxylation is 1. The lowest BCUT2D eigenvalue weighted by Crippen LogP contribution is -2.41. The van der Waals surface area contributed by atoms with E-state index in [9.17, 15) is 4.79 Å². The number of carbonyl (C=O) groups excluding carboxylic acids is 1. The third kappa shape index (κ3) is 4.68. The van der Waals surface area contributed by atoms with Crippen LogP contribution in [0.15, 0.2) is 24.8 Å². The van der Waals surface area contributed by atoms with Gasteiger partial charge in [-0.2, -0.15) is 0 Å². The zero-order valence-corrected chi connectivity index (χ0v) is 16.3. The summed E-state index contributed by atoms with van der Waals surface area (Å²) in [5.41, 5.74) is 1.90. The molecule has 2 aromatic heterocycles. The maximum Gasteiger partial charge on any atom is 0.223 e. The van der Waals surface area contributed by atoms with Gasteiger partial charge in [-0.25, -0.2) is 15.0 Å². The molecule has 6 nitrogen and oxygen atoms in total. The van der Waals surface area contributed by atoms with Crippen LogP contribution >= 0.6 is 0 Å². The number of imidazole rings is 1. The summed E-state index contributed by atoms with van der Waals surface area (Å²) in [4.78, 5) is 27.8. The van der Waals surface area contributed by atoms with E-state index >= 15 is 0 Å². The van der Waals surface area contributed by atoms with Crippen LogP contribution in [0, 0.1) is 11.3 Å². The zero-order valence-electron chi connectivity index (χ0n) is 16.3. The van der Waals surface area contributed by atoms with Crippen molar-refractivity contribution in [3.63, 3.8) is 0 Å². The predicted molar refractivity (Wildman–Crippen MR) is 101 cm³/mol.